The average molecular weight is 298 g/mol. The lowest BCUT2D eigenvalue weighted by Gasteiger charge is -2.17. The molecule has 0 unspecified atom stereocenters. The molecular weight excluding hydrogens is 280 g/mol. The van der Waals surface area contributed by atoms with E-state index in [1.54, 1.807) is 11.3 Å². The van der Waals surface area contributed by atoms with Crippen LogP contribution < -0.4 is 10.2 Å². The van der Waals surface area contributed by atoms with Crippen molar-refractivity contribution in [2.45, 2.75) is 26.6 Å². The maximum atomic E-state index is 4.86. The van der Waals surface area contributed by atoms with Gasteiger partial charge in [-0.2, -0.15) is 0 Å². The molecule has 0 atom stereocenters. The molecule has 0 spiro atoms. The Balaban J connectivity index is 1.72. The highest BCUT2D eigenvalue weighted by Crippen LogP contribution is 2.31. The Labute approximate surface area is 128 Å². The van der Waals surface area contributed by atoms with E-state index in [1.807, 2.05) is 0 Å². The second kappa shape index (κ2) is 5.16. The number of hydrogen-bond donors (Lipinski definition) is 1. The molecule has 0 saturated heterocycles. The van der Waals surface area contributed by atoms with Crippen LogP contribution in [0.4, 0.5) is 5.82 Å². The molecule has 5 heteroatoms. The Morgan fingerprint density at radius 2 is 2.00 bits per heavy atom. The van der Waals surface area contributed by atoms with Gasteiger partial charge in [-0.15, -0.1) is 11.3 Å². The maximum Gasteiger partial charge on any atom is 0.195 e. The van der Waals surface area contributed by atoms with Gasteiger partial charge in [0.25, 0.3) is 0 Å². The van der Waals surface area contributed by atoms with Gasteiger partial charge in [-0.05, 0) is 17.7 Å². The molecule has 1 aromatic carbocycles. The normalized spacial score (nSPS) is 14.0. The number of fused-ring (bicyclic) bond motifs is 2. The van der Waals surface area contributed by atoms with E-state index in [1.165, 1.54) is 16.8 Å². The van der Waals surface area contributed by atoms with Crippen molar-refractivity contribution in [1.82, 2.24) is 14.7 Å². The Morgan fingerprint density at radius 3 is 2.71 bits per heavy atom. The molecule has 21 heavy (non-hydrogen) atoms. The summed E-state index contributed by atoms with van der Waals surface area (Å²) in [7, 11) is 0. The van der Waals surface area contributed by atoms with Crippen molar-refractivity contribution in [3.8, 4) is 0 Å². The minimum absolute atomic E-state index is 0.858. The zero-order valence-corrected chi connectivity index (χ0v) is 12.9. The van der Waals surface area contributed by atoms with E-state index >= 15 is 0 Å². The Hall–Kier alpha value is -1.85. The van der Waals surface area contributed by atoms with Gasteiger partial charge in [-0.1, -0.05) is 31.2 Å². The van der Waals surface area contributed by atoms with Gasteiger partial charge in [0.15, 0.2) is 10.8 Å². The fourth-order valence-corrected chi connectivity index (χ4v) is 3.69. The van der Waals surface area contributed by atoms with Crippen LogP contribution in [0.15, 0.2) is 35.8 Å². The Bertz CT molecular complexity index is 749. The summed E-state index contributed by atoms with van der Waals surface area (Å²) >= 11 is 1.70. The molecule has 108 valence electrons. The molecule has 0 amide bonds. The van der Waals surface area contributed by atoms with Gasteiger partial charge in [0.1, 0.15) is 0 Å². The highest BCUT2D eigenvalue weighted by atomic mass is 32.1. The van der Waals surface area contributed by atoms with Crippen molar-refractivity contribution in [3.05, 3.63) is 52.7 Å². The molecule has 4 nitrogen and oxygen atoms in total. The lowest BCUT2D eigenvalue weighted by atomic mass is 10.1. The van der Waals surface area contributed by atoms with E-state index in [2.05, 4.69) is 57.4 Å². The summed E-state index contributed by atoms with van der Waals surface area (Å²) < 4.78 is 2.21. The van der Waals surface area contributed by atoms with Gasteiger partial charge in [0.05, 0.1) is 5.69 Å². The van der Waals surface area contributed by atoms with Crippen LogP contribution in [-0.2, 0) is 19.6 Å². The molecule has 1 N–H and O–H groups in total. The number of imidazole rings is 1. The number of benzene rings is 1. The van der Waals surface area contributed by atoms with E-state index in [0.717, 1.165) is 37.0 Å². The van der Waals surface area contributed by atoms with Crippen LogP contribution in [0.3, 0.4) is 0 Å². The zero-order valence-electron chi connectivity index (χ0n) is 12.0. The lowest BCUT2D eigenvalue weighted by molar-refractivity contribution is 0.700. The quantitative estimate of drug-likeness (QED) is 0.803. The van der Waals surface area contributed by atoms with Gasteiger partial charge in [-0.3, -0.25) is 4.40 Å². The number of hydrogen-bond acceptors (Lipinski definition) is 4. The van der Waals surface area contributed by atoms with Crippen molar-refractivity contribution in [2.24, 2.45) is 0 Å². The number of anilines is 1. The first kappa shape index (κ1) is 12.9. The Kier molecular flexibility index (Phi) is 3.16. The second-order valence-electron chi connectivity index (χ2n) is 5.34. The van der Waals surface area contributed by atoms with E-state index in [0.29, 0.717) is 0 Å². The van der Waals surface area contributed by atoms with E-state index in [-0.39, 0.29) is 0 Å². The van der Waals surface area contributed by atoms with Crippen LogP contribution in [0.25, 0.3) is 4.96 Å². The molecule has 1 aliphatic rings. The lowest BCUT2D eigenvalue weighted by Crippen LogP contribution is -2.20. The fourth-order valence-electron chi connectivity index (χ4n) is 2.96. The largest absolute Gasteiger partial charge is 0.346 e. The molecule has 3 aromatic rings. The van der Waals surface area contributed by atoms with Gasteiger partial charge in [-0.25, -0.2) is 4.98 Å². The smallest absolute Gasteiger partial charge is 0.195 e. The Morgan fingerprint density at radius 1 is 1.24 bits per heavy atom. The standard InChI is InChI=1S/C16H18N4S/c1-2-17-9-14-15(18-16-20(14)7-8-21-16)19-10-12-5-3-4-6-13(12)11-19/h3-8,17H,2,9-11H2,1H3. The topological polar surface area (TPSA) is 32.6 Å². The van der Waals surface area contributed by atoms with Crippen LogP contribution >= 0.6 is 11.3 Å². The van der Waals surface area contributed by atoms with Gasteiger partial charge < -0.3 is 10.2 Å². The van der Waals surface area contributed by atoms with Crippen LogP contribution in [0, 0.1) is 0 Å². The minimum Gasteiger partial charge on any atom is -0.346 e. The predicted molar refractivity (Wildman–Crippen MR) is 86.8 cm³/mol. The summed E-state index contributed by atoms with van der Waals surface area (Å²) in [5.41, 5.74) is 4.10. The summed E-state index contributed by atoms with van der Waals surface area (Å²) in [6, 6.07) is 8.68. The van der Waals surface area contributed by atoms with Crippen LogP contribution in [0.1, 0.15) is 23.7 Å². The highest BCUT2D eigenvalue weighted by Gasteiger charge is 2.24. The first-order valence-corrected chi connectivity index (χ1v) is 8.21. The monoisotopic (exact) mass is 298 g/mol. The van der Waals surface area contributed by atoms with Gasteiger partial charge >= 0.3 is 0 Å². The molecule has 2 aromatic heterocycles. The molecule has 0 radical (unpaired) electrons. The van der Waals surface area contributed by atoms with Crippen molar-refractivity contribution < 1.29 is 0 Å². The molecule has 4 rings (SSSR count). The predicted octanol–water partition coefficient (Wildman–Crippen LogP) is 3.03. The summed E-state index contributed by atoms with van der Waals surface area (Å²) in [6.45, 7) is 5.88. The fraction of sp³-hybridized carbons (Fsp3) is 0.312. The first-order chi connectivity index (χ1) is 10.4. The number of rotatable bonds is 4. The van der Waals surface area contributed by atoms with Gasteiger partial charge in [0.2, 0.25) is 0 Å². The van der Waals surface area contributed by atoms with Gasteiger partial charge in [0, 0.05) is 31.2 Å². The molecule has 0 aliphatic carbocycles. The number of aromatic nitrogens is 2. The second-order valence-corrected chi connectivity index (χ2v) is 6.22. The summed E-state index contributed by atoms with van der Waals surface area (Å²) in [5.74, 6) is 1.12. The molecular formula is C16H18N4S. The average Bonchev–Trinajstić information content (AvgIpc) is 3.18. The van der Waals surface area contributed by atoms with Crippen molar-refractivity contribution in [2.75, 3.05) is 11.4 Å². The molecule has 3 heterocycles. The third-order valence-electron chi connectivity index (χ3n) is 4.02. The number of nitrogens with one attached hydrogen (secondary N) is 1. The van der Waals surface area contributed by atoms with E-state index in [4.69, 9.17) is 4.98 Å². The van der Waals surface area contributed by atoms with Crippen molar-refractivity contribution in [3.63, 3.8) is 0 Å². The zero-order chi connectivity index (χ0) is 14.2. The molecule has 0 fully saturated rings. The minimum atomic E-state index is 0.858. The highest BCUT2D eigenvalue weighted by molar-refractivity contribution is 7.15. The first-order valence-electron chi connectivity index (χ1n) is 7.33. The summed E-state index contributed by atoms with van der Waals surface area (Å²) in [4.78, 5) is 8.32. The maximum absolute atomic E-state index is 4.86. The van der Waals surface area contributed by atoms with E-state index < -0.39 is 0 Å². The van der Waals surface area contributed by atoms with Crippen LogP contribution in [0.2, 0.25) is 0 Å². The van der Waals surface area contributed by atoms with E-state index in [9.17, 15) is 0 Å². The molecule has 0 saturated carbocycles. The summed E-state index contributed by atoms with van der Waals surface area (Å²) in [6.07, 6.45) is 2.12. The van der Waals surface area contributed by atoms with Crippen LogP contribution in [-0.4, -0.2) is 15.9 Å². The third kappa shape index (κ3) is 2.13. The summed E-state index contributed by atoms with van der Waals surface area (Å²) in [5, 5.41) is 5.53. The number of thiazole rings is 1. The number of nitrogens with zero attached hydrogens (tertiary/aromatic N) is 3. The third-order valence-corrected chi connectivity index (χ3v) is 4.78. The van der Waals surface area contributed by atoms with Crippen LogP contribution in [0.5, 0.6) is 0 Å². The SMILES string of the molecule is CCNCc1c(N2Cc3ccccc3C2)nc2sccn12. The van der Waals surface area contributed by atoms with Crippen molar-refractivity contribution >= 4 is 22.1 Å². The van der Waals surface area contributed by atoms with Crippen molar-refractivity contribution in [1.29, 1.82) is 0 Å². The molecule has 1 aliphatic heterocycles. The molecule has 0 bridgehead atoms.